The molecule has 0 spiro atoms. The van der Waals surface area contributed by atoms with Crippen LogP contribution in [0.1, 0.15) is 68.6 Å². The van der Waals surface area contributed by atoms with Crippen LogP contribution in [0.5, 0.6) is 0 Å². The first-order valence-electron chi connectivity index (χ1n) is 15.0. The van der Waals surface area contributed by atoms with E-state index in [1.165, 1.54) is 0 Å². The van der Waals surface area contributed by atoms with E-state index in [1.807, 2.05) is 83.3 Å². The van der Waals surface area contributed by atoms with Crippen LogP contribution in [0.4, 0.5) is 0 Å². The van der Waals surface area contributed by atoms with Gasteiger partial charge < -0.3 is 0 Å². The zero-order valence-electron chi connectivity index (χ0n) is 27.0. The summed E-state index contributed by atoms with van der Waals surface area (Å²) >= 11 is 0. The number of nitrogens with zero attached hydrogens (tertiary/aromatic N) is 2. The third kappa shape index (κ3) is 3.95. The summed E-state index contributed by atoms with van der Waals surface area (Å²) in [7, 11) is 2.05. The Hall–Kier alpha value is -3.65. The van der Waals surface area contributed by atoms with Gasteiger partial charge in [0.25, 0.3) is 5.82 Å². The van der Waals surface area contributed by atoms with Gasteiger partial charge in [-0.05, 0) is 66.0 Å². The molecule has 5 aromatic rings. The minimum atomic E-state index is -2.21. The molecule has 5 rings (SSSR count). The normalized spacial score (nSPS) is 14.7. The lowest BCUT2D eigenvalue weighted by molar-refractivity contribution is -0.633. The first-order chi connectivity index (χ1) is 19.1. The van der Waals surface area contributed by atoms with E-state index in [0.29, 0.717) is 11.1 Å². The molecule has 0 unspecified atom stereocenters. The van der Waals surface area contributed by atoms with Gasteiger partial charge in [-0.25, -0.2) is 4.57 Å². The third-order valence-corrected chi connectivity index (χ3v) is 7.06. The van der Waals surface area contributed by atoms with Gasteiger partial charge in [0.15, 0.2) is 11.0 Å². The summed E-state index contributed by atoms with van der Waals surface area (Å²) < 4.78 is 46.6. The summed E-state index contributed by atoms with van der Waals surface area (Å²) in [4.78, 5) is 0. The van der Waals surface area contributed by atoms with Gasteiger partial charge in [-0.15, -0.1) is 0 Å². The molecule has 0 saturated heterocycles. The van der Waals surface area contributed by atoms with Crippen LogP contribution in [-0.2, 0) is 7.05 Å². The van der Waals surface area contributed by atoms with Gasteiger partial charge in [0.05, 0.1) is 12.6 Å². The van der Waals surface area contributed by atoms with Crippen LogP contribution in [-0.4, -0.2) is 4.57 Å². The molecule has 0 aliphatic rings. The predicted octanol–water partition coefficient (Wildman–Crippen LogP) is 8.65. The number of hydrogen-bond acceptors (Lipinski definition) is 0. The Balaban J connectivity index is 1.85. The molecular weight excluding hydrogens is 436 g/mol. The maximum Gasteiger partial charge on any atom is 0.295 e. The second-order valence-corrected chi connectivity index (χ2v) is 9.98. The maximum absolute atomic E-state index is 9.06. The predicted molar refractivity (Wildman–Crippen MR) is 153 cm³/mol. The van der Waals surface area contributed by atoms with E-state index >= 15 is 0 Å². The topological polar surface area (TPSA) is 8.81 Å². The highest BCUT2D eigenvalue weighted by Gasteiger charge is 2.31. The number of aryl methyl sites for hydroxylation is 3. The second-order valence-electron chi connectivity index (χ2n) is 9.98. The number of rotatable bonds is 5. The fourth-order valence-electron chi connectivity index (χ4n) is 5.25. The lowest BCUT2D eigenvalue weighted by atomic mass is 9.92. The molecule has 0 saturated carbocycles. The molecule has 0 atom stereocenters. The fourth-order valence-corrected chi connectivity index (χ4v) is 5.25. The number of benzene rings is 4. The van der Waals surface area contributed by atoms with Crippen LogP contribution in [0, 0.1) is 13.8 Å². The van der Waals surface area contributed by atoms with Gasteiger partial charge >= 0.3 is 0 Å². The second kappa shape index (κ2) is 9.43. The third-order valence-electron chi connectivity index (χ3n) is 7.06. The minimum absolute atomic E-state index is 0.334. The van der Waals surface area contributed by atoms with Crippen molar-refractivity contribution in [2.24, 2.45) is 7.05 Å². The van der Waals surface area contributed by atoms with Crippen molar-refractivity contribution in [2.45, 2.75) is 53.3 Å². The van der Waals surface area contributed by atoms with E-state index in [-0.39, 0.29) is 0 Å². The molecule has 0 aliphatic heterocycles. The Bertz CT molecular complexity index is 1730. The molecule has 182 valence electrons. The van der Waals surface area contributed by atoms with E-state index in [4.69, 9.17) is 6.85 Å². The van der Waals surface area contributed by atoms with Gasteiger partial charge in [0, 0.05) is 18.0 Å². The highest BCUT2D eigenvalue weighted by atomic mass is 15.2. The Labute approximate surface area is 222 Å². The van der Waals surface area contributed by atoms with Crippen molar-refractivity contribution in [2.75, 3.05) is 0 Å². The molecule has 0 N–H and O–H groups in total. The Morgan fingerprint density at radius 1 is 0.750 bits per heavy atom. The van der Waals surface area contributed by atoms with Crippen LogP contribution >= 0.6 is 0 Å². The summed E-state index contributed by atoms with van der Waals surface area (Å²) in [6.07, 6.45) is 0. The molecule has 0 amide bonds. The average molecular weight is 479 g/mol. The smallest absolute Gasteiger partial charge is 0.225 e. The van der Waals surface area contributed by atoms with Crippen LogP contribution in [0.3, 0.4) is 0 Å². The van der Waals surface area contributed by atoms with Crippen molar-refractivity contribution < 1.29 is 11.4 Å². The maximum atomic E-state index is 9.06. The standard InChI is InChI=1S/C34H37N2/c1-22(2)27-15-12-16-28(23(3)4)33(27)36-32-18-11-10-17-31(32)35(7)34(36)30-20-19-26(21-25(30)6)29-14-9-8-13-24(29)5/h8-23H,1-7H3/q+1/i5D3,22D,23D. The van der Waals surface area contributed by atoms with Gasteiger partial charge in [-0.2, -0.15) is 4.57 Å². The van der Waals surface area contributed by atoms with Gasteiger partial charge in [-0.1, -0.05) is 94.4 Å². The van der Waals surface area contributed by atoms with E-state index in [9.17, 15) is 0 Å². The van der Waals surface area contributed by atoms with E-state index in [2.05, 4.69) is 40.3 Å². The van der Waals surface area contributed by atoms with Crippen molar-refractivity contribution in [3.8, 4) is 28.2 Å². The average Bonchev–Trinajstić information content (AvgIpc) is 3.18. The summed E-state index contributed by atoms with van der Waals surface area (Å²) in [5.41, 5.74) is 8.44. The van der Waals surface area contributed by atoms with Gasteiger partial charge in [-0.3, -0.25) is 0 Å². The van der Waals surface area contributed by atoms with Crippen molar-refractivity contribution >= 4 is 11.0 Å². The largest absolute Gasteiger partial charge is 0.295 e. The molecule has 2 heteroatoms. The summed E-state index contributed by atoms with van der Waals surface area (Å²) in [6, 6.07) is 27.4. The number of para-hydroxylation sites is 3. The SMILES string of the molecule is [2H]C([2H])([2H])c1ccccc1-c1ccc(-c2n(-c3c(C([2H])(C)C)cccc3C([2H])(C)C)c3ccccc3[n+]2C)c(C)c1. The molecule has 1 aromatic heterocycles. The van der Waals surface area contributed by atoms with E-state index < -0.39 is 18.6 Å². The summed E-state index contributed by atoms with van der Waals surface area (Å²) in [5, 5.41) is 0. The van der Waals surface area contributed by atoms with Crippen molar-refractivity contribution in [3.63, 3.8) is 0 Å². The van der Waals surface area contributed by atoms with Gasteiger partial charge in [0.1, 0.15) is 5.69 Å². The number of hydrogen-bond donors (Lipinski definition) is 0. The summed E-state index contributed by atoms with van der Waals surface area (Å²) in [5.74, 6) is -0.882. The molecule has 0 fully saturated rings. The number of imidazole rings is 1. The fraction of sp³-hybridized carbons (Fsp3) is 0.265. The van der Waals surface area contributed by atoms with Crippen molar-refractivity contribution in [1.29, 1.82) is 0 Å². The van der Waals surface area contributed by atoms with Crippen LogP contribution in [0.25, 0.3) is 39.2 Å². The van der Waals surface area contributed by atoms with Crippen LogP contribution in [0.15, 0.2) is 84.9 Å². The van der Waals surface area contributed by atoms with E-state index in [0.717, 1.165) is 50.4 Å². The molecule has 0 bridgehead atoms. The quantitative estimate of drug-likeness (QED) is 0.223. The highest BCUT2D eigenvalue weighted by molar-refractivity contribution is 5.82. The zero-order chi connectivity index (χ0) is 29.9. The zero-order valence-corrected chi connectivity index (χ0v) is 22.0. The first-order valence-corrected chi connectivity index (χ1v) is 12.5. The molecule has 1 heterocycles. The Morgan fingerprint density at radius 2 is 1.42 bits per heavy atom. The number of aromatic nitrogens is 2. The lowest BCUT2D eigenvalue weighted by Gasteiger charge is -2.18. The van der Waals surface area contributed by atoms with Crippen LogP contribution in [0.2, 0.25) is 0 Å². The molecule has 0 radical (unpaired) electrons. The first kappa shape index (κ1) is 18.6. The lowest BCUT2D eigenvalue weighted by Crippen LogP contribution is -2.30. The molecule has 4 aromatic carbocycles. The van der Waals surface area contributed by atoms with Gasteiger partial charge in [0.2, 0.25) is 0 Å². The van der Waals surface area contributed by atoms with E-state index in [1.54, 1.807) is 12.1 Å². The Kier molecular flexibility index (Phi) is 4.87. The van der Waals surface area contributed by atoms with Crippen LogP contribution < -0.4 is 4.57 Å². The Morgan fingerprint density at radius 3 is 2.08 bits per heavy atom. The monoisotopic (exact) mass is 478 g/mol. The minimum Gasteiger partial charge on any atom is -0.225 e. The molecule has 0 aliphatic carbocycles. The highest BCUT2D eigenvalue weighted by Crippen LogP contribution is 2.38. The van der Waals surface area contributed by atoms with Crippen molar-refractivity contribution in [3.05, 3.63) is 107 Å². The summed E-state index contributed by atoms with van der Waals surface area (Å²) in [6.45, 7) is 7.39. The molecule has 36 heavy (non-hydrogen) atoms. The van der Waals surface area contributed by atoms with Crippen molar-refractivity contribution in [1.82, 2.24) is 4.57 Å². The number of fused-ring (bicyclic) bond motifs is 1. The molecule has 2 nitrogen and oxygen atoms in total. The molecular formula is C34H37N2+.